The topological polar surface area (TPSA) is 88.0 Å². The monoisotopic (exact) mass is 261 g/mol. The lowest BCUT2D eigenvalue weighted by Crippen LogP contribution is -2.11. The Morgan fingerprint density at radius 1 is 1.53 bits per heavy atom. The molecule has 0 saturated heterocycles. The molecule has 3 rings (SSSR count). The second-order valence-corrected chi connectivity index (χ2v) is 4.76. The van der Waals surface area contributed by atoms with E-state index < -0.39 is 0 Å². The van der Waals surface area contributed by atoms with Crippen LogP contribution in [-0.2, 0) is 18.4 Å². The summed E-state index contributed by atoms with van der Waals surface area (Å²) >= 11 is 0. The number of ether oxygens (including phenoxy) is 1. The summed E-state index contributed by atoms with van der Waals surface area (Å²) in [6.07, 6.45) is 5.66. The second-order valence-electron chi connectivity index (χ2n) is 4.76. The molecule has 2 N–H and O–H groups in total. The molecule has 7 heteroatoms. The summed E-state index contributed by atoms with van der Waals surface area (Å²) in [5.41, 5.74) is 7.44. The van der Waals surface area contributed by atoms with Gasteiger partial charge in [-0.3, -0.25) is 4.68 Å². The third-order valence-electron chi connectivity index (χ3n) is 3.02. The minimum Gasteiger partial charge on any atom is -0.454 e. The zero-order chi connectivity index (χ0) is 13.4. The highest BCUT2D eigenvalue weighted by molar-refractivity contribution is 5.89. The maximum Gasteiger partial charge on any atom is 0.355 e. The van der Waals surface area contributed by atoms with Gasteiger partial charge in [0.25, 0.3) is 0 Å². The van der Waals surface area contributed by atoms with Gasteiger partial charge >= 0.3 is 5.97 Å². The largest absolute Gasteiger partial charge is 0.454 e. The highest BCUT2D eigenvalue weighted by Crippen LogP contribution is 2.37. The van der Waals surface area contributed by atoms with Crippen LogP contribution in [0.1, 0.15) is 35.1 Å². The lowest BCUT2D eigenvalue weighted by molar-refractivity contribution is 0.0454. The molecule has 1 saturated carbocycles. The van der Waals surface area contributed by atoms with Crippen LogP contribution in [0.4, 0.5) is 5.69 Å². The van der Waals surface area contributed by atoms with Crippen molar-refractivity contribution in [1.29, 1.82) is 0 Å². The van der Waals surface area contributed by atoms with E-state index >= 15 is 0 Å². The first kappa shape index (κ1) is 11.8. The van der Waals surface area contributed by atoms with Crippen molar-refractivity contribution >= 4 is 11.7 Å². The van der Waals surface area contributed by atoms with E-state index in [9.17, 15) is 4.79 Å². The predicted molar refractivity (Wildman–Crippen MR) is 67.2 cm³/mol. The Kier molecular flexibility index (Phi) is 2.73. The minimum absolute atomic E-state index is 0.114. The Bertz CT molecular complexity index is 611. The summed E-state index contributed by atoms with van der Waals surface area (Å²) in [5.74, 6) is -0.380. The molecular weight excluding hydrogens is 246 g/mol. The summed E-state index contributed by atoms with van der Waals surface area (Å²) in [7, 11) is 1.76. The Hall–Kier alpha value is -2.31. The van der Waals surface area contributed by atoms with Crippen LogP contribution in [0.2, 0.25) is 0 Å². The molecule has 0 spiro atoms. The molecule has 0 aromatic carbocycles. The number of hydrogen-bond acceptors (Lipinski definition) is 5. The lowest BCUT2D eigenvalue weighted by Gasteiger charge is -2.06. The van der Waals surface area contributed by atoms with Crippen LogP contribution < -0.4 is 5.73 Å². The molecule has 100 valence electrons. The molecule has 0 unspecified atom stereocenters. The number of nitrogen functional groups attached to an aromatic ring is 1. The smallest absolute Gasteiger partial charge is 0.355 e. The fourth-order valence-corrected chi connectivity index (χ4v) is 1.99. The van der Waals surface area contributed by atoms with Gasteiger partial charge in [-0.25, -0.2) is 4.79 Å². The molecule has 0 aliphatic heterocycles. The normalized spacial score (nSPS) is 14.6. The molecule has 1 fully saturated rings. The number of esters is 1. The summed E-state index contributed by atoms with van der Waals surface area (Å²) in [6, 6.07) is 2.04. The Balaban J connectivity index is 1.70. The third kappa shape index (κ3) is 2.44. The van der Waals surface area contributed by atoms with E-state index in [2.05, 4.69) is 10.3 Å². The van der Waals surface area contributed by atoms with Gasteiger partial charge in [-0.2, -0.15) is 0 Å². The first-order valence-corrected chi connectivity index (χ1v) is 6.13. The Morgan fingerprint density at radius 2 is 2.32 bits per heavy atom. The van der Waals surface area contributed by atoms with Crippen molar-refractivity contribution < 1.29 is 9.53 Å². The SMILES string of the molecule is Cn1cc(COC(=O)c2cc(N)cn2C2CC2)nn1. The predicted octanol–water partition coefficient (Wildman–Crippen LogP) is 0.891. The van der Waals surface area contributed by atoms with Crippen molar-refractivity contribution in [2.75, 3.05) is 5.73 Å². The molecule has 0 radical (unpaired) electrons. The van der Waals surface area contributed by atoms with Crippen molar-refractivity contribution in [1.82, 2.24) is 19.6 Å². The maximum absolute atomic E-state index is 12.0. The molecular formula is C12H15N5O2. The van der Waals surface area contributed by atoms with E-state index in [1.54, 1.807) is 30.2 Å². The average molecular weight is 261 g/mol. The van der Waals surface area contributed by atoms with Gasteiger partial charge in [0.1, 0.15) is 18.0 Å². The van der Waals surface area contributed by atoms with Gasteiger partial charge < -0.3 is 15.0 Å². The fraction of sp³-hybridized carbons (Fsp3) is 0.417. The molecule has 19 heavy (non-hydrogen) atoms. The number of anilines is 1. The maximum atomic E-state index is 12.0. The molecule has 2 heterocycles. The van der Waals surface area contributed by atoms with Crippen molar-refractivity contribution in [3.8, 4) is 0 Å². The van der Waals surface area contributed by atoms with E-state index in [4.69, 9.17) is 10.5 Å². The number of carbonyl (C=O) groups is 1. The number of hydrogen-bond donors (Lipinski definition) is 1. The number of nitrogens with zero attached hydrogens (tertiary/aromatic N) is 4. The van der Waals surface area contributed by atoms with Crippen molar-refractivity contribution in [2.45, 2.75) is 25.5 Å². The molecule has 2 aromatic heterocycles. The van der Waals surface area contributed by atoms with Gasteiger partial charge in [-0.1, -0.05) is 5.21 Å². The second kappa shape index (κ2) is 4.42. The fourth-order valence-electron chi connectivity index (χ4n) is 1.99. The minimum atomic E-state index is -0.380. The van der Waals surface area contributed by atoms with Crippen LogP contribution in [0.25, 0.3) is 0 Å². The number of aromatic nitrogens is 4. The number of carbonyl (C=O) groups excluding carboxylic acids is 1. The van der Waals surface area contributed by atoms with Crippen molar-refractivity contribution in [3.63, 3.8) is 0 Å². The van der Waals surface area contributed by atoms with Gasteiger partial charge in [0.05, 0.1) is 11.9 Å². The van der Waals surface area contributed by atoms with Crippen molar-refractivity contribution in [3.05, 3.63) is 29.8 Å². The summed E-state index contributed by atoms with van der Waals surface area (Å²) < 4.78 is 8.69. The van der Waals surface area contributed by atoms with E-state index in [-0.39, 0.29) is 12.6 Å². The molecule has 0 bridgehead atoms. The zero-order valence-corrected chi connectivity index (χ0v) is 10.6. The highest BCUT2D eigenvalue weighted by Gasteiger charge is 2.28. The first-order valence-electron chi connectivity index (χ1n) is 6.13. The van der Waals surface area contributed by atoms with Crippen LogP contribution in [0.15, 0.2) is 18.5 Å². The third-order valence-corrected chi connectivity index (χ3v) is 3.02. The van der Waals surface area contributed by atoms with E-state index in [0.29, 0.717) is 23.1 Å². The van der Waals surface area contributed by atoms with Crippen LogP contribution in [0, 0.1) is 0 Å². The van der Waals surface area contributed by atoms with Crippen LogP contribution >= 0.6 is 0 Å². The van der Waals surface area contributed by atoms with Crippen LogP contribution in [0.5, 0.6) is 0 Å². The Labute approximate surface area is 110 Å². The molecule has 7 nitrogen and oxygen atoms in total. The van der Waals surface area contributed by atoms with E-state index in [0.717, 1.165) is 12.8 Å². The number of nitrogens with two attached hydrogens (primary N) is 1. The standard InChI is InChI=1S/C12H15N5O2/c1-16-6-9(14-15-16)7-19-12(18)11-4-8(13)5-17(11)10-2-3-10/h4-6,10H,2-3,7,13H2,1H3. The van der Waals surface area contributed by atoms with Gasteiger partial charge in [-0.15, -0.1) is 5.10 Å². The van der Waals surface area contributed by atoms with Crippen LogP contribution in [-0.4, -0.2) is 25.5 Å². The van der Waals surface area contributed by atoms with Crippen LogP contribution in [0.3, 0.4) is 0 Å². The average Bonchev–Trinajstić information content (AvgIpc) is 3.03. The molecule has 0 amide bonds. The van der Waals surface area contributed by atoms with E-state index in [1.807, 2.05) is 4.57 Å². The van der Waals surface area contributed by atoms with Gasteiger partial charge in [0.2, 0.25) is 0 Å². The molecule has 0 atom stereocenters. The molecule has 1 aliphatic rings. The van der Waals surface area contributed by atoms with Crippen molar-refractivity contribution in [2.24, 2.45) is 7.05 Å². The molecule has 1 aliphatic carbocycles. The molecule has 2 aromatic rings. The van der Waals surface area contributed by atoms with Gasteiger partial charge in [-0.05, 0) is 18.9 Å². The number of aryl methyl sites for hydroxylation is 1. The first-order chi connectivity index (χ1) is 9.13. The van der Waals surface area contributed by atoms with Gasteiger partial charge in [0, 0.05) is 19.3 Å². The van der Waals surface area contributed by atoms with E-state index in [1.165, 1.54) is 0 Å². The summed E-state index contributed by atoms with van der Waals surface area (Å²) in [6.45, 7) is 0.114. The summed E-state index contributed by atoms with van der Waals surface area (Å²) in [4.78, 5) is 12.0. The Morgan fingerprint density at radius 3 is 2.95 bits per heavy atom. The van der Waals surface area contributed by atoms with Gasteiger partial charge in [0.15, 0.2) is 0 Å². The quantitative estimate of drug-likeness (QED) is 0.826. The lowest BCUT2D eigenvalue weighted by atomic mass is 10.4. The zero-order valence-electron chi connectivity index (χ0n) is 10.6. The highest BCUT2D eigenvalue weighted by atomic mass is 16.5. The number of rotatable bonds is 4. The summed E-state index contributed by atoms with van der Waals surface area (Å²) in [5, 5.41) is 7.64.